The van der Waals surface area contributed by atoms with E-state index >= 15 is 0 Å². The number of sulfonamides is 1. The zero-order valence-electron chi connectivity index (χ0n) is 14.3. The van der Waals surface area contributed by atoms with E-state index in [1.54, 1.807) is 0 Å². The molecule has 0 aliphatic carbocycles. The molecule has 27 heavy (non-hydrogen) atoms. The molecule has 0 aromatic heterocycles. The third-order valence-corrected chi connectivity index (χ3v) is 5.15. The number of benzene rings is 2. The molecule has 1 N–H and O–H groups in total. The van der Waals surface area contributed by atoms with Gasteiger partial charge in [0.2, 0.25) is 15.9 Å². The van der Waals surface area contributed by atoms with Crippen LogP contribution in [0.1, 0.15) is 12.5 Å². The van der Waals surface area contributed by atoms with Crippen molar-refractivity contribution in [3.05, 3.63) is 59.1 Å². The van der Waals surface area contributed by atoms with Crippen LogP contribution in [0.5, 0.6) is 0 Å². The summed E-state index contributed by atoms with van der Waals surface area (Å²) in [5.41, 5.74) is -1.32. The van der Waals surface area contributed by atoms with E-state index in [0.29, 0.717) is 5.02 Å². The third-order valence-electron chi connectivity index (χ3n) is 3.66. The third kappa shape index (κ3) is 5.14. The lowest BCUT2D eigenvalue weighted by Crippen LogP contribution is -2.45. The van der Waals surface area contributed by atoms with E-state index in [1.165, 1.54) is 43.3 Å². The Balaban J connectivity index is 2.36. The first-order valence-corrected chi connectivity index (χ1v) is 9.86. The highest BCUT2D eigenvalue weighted by Gasteiger charge is 2.35. The Morgan fingerprint density at radius 1 is 1.11 bits per heavy atom. The van der Waals surface area contributed by atoms with E-state index in [1.807, 2.05) is 0 Å². The Bertz CT molecular complexity index is 931. The van der Waals surface area contributed by atoms with Crippen molar-refractivity contribution in [2.75, 3.05) is 15.9 Å². The number of nitrogens with one attached hydrogen (secondary N) is 1. The maximum atomic E-state index is 13.1. The molecule has 0 aliphatic heterocycles. The minimum atomic E-state index is -4.67. The molecule has 1 atom stereocenters. The lowest BCUT2D eigenvalue weighted by Gasteiger charge is -2.28. The van der Waals surface area contributed by atoms with Crippen molar-refractivity contribution in [2.45, 2.75) is 19.1 Å². The molecular weight excluding hydrogens is 405 g/mol. The molecular formula is C17H16ClF3N2O3S. The summed E-state index contributed by atoms with van der Waals surface area (Å²) < 4.78 is 64.4. The summed E-state index contributed by atoms with van der Waals surface area (Å²) in [4.78, 5) is 12.5. The highest BCUT2D eigenvalue weighted by atomic mass is 35.5. The molecule has 0 spiro atoms. The number of carbonyl (C=O) groups is 1. The van der Waals surface area contributed by atoms with Gasteiger partial charge in [-0.2, -0.15) is 13.2 Å². The molecule has 0 fully saturated rings. The highest BCUT2D eigenvalue weighted by molar-refractivity contribution is 7.92. The number of anilines is 2. The molecule has 2 rings (SSSR count). The molecule has 1 unspecified atom stereocenters. The van der Waals surface area contributed by atoms with Gasteiger partial charge in [-0.25, -0.2) is 8.42 Å². The summed E-state index contributed by atoms with van der Waals surface area (Å²) in [5.74, 6) is -0.910. The van der Waals surface area contributed by atoms with Gasteiger partial charge in [-0.3, -0.25) is 9.10 Å². The van der Waals surface area contributed by atoms with E-state index in [4.69, 9.17) is 11.6 Å². The molecule has 0 aliphatic rings. The second kappa shape index (κ2) is 7.77. The van der Waals surface area contributed by atoms with Crippen LogP contribution in [-0.4, -0.2) is 26.6 Å². The van der Waals surface area contributed by atoms with Crippen LogP contribution in [0.4, 0.5) is 24.5 Å². The largest absolute Gasteiger partial charge is 0.418 e. The summed E-state index contributed by atoms with van der Waals surface area (Å²) in [5, 5.41) is 2.52. The van der Waals surface area contributed by atoms with Gasteiger partial charge >= 0.3 is 6.18 Å². The first-order valence-electron chi connectivity index (χ1n) is 7.63. The van der Waals surface area contributed by atoms with Gasteiger partial charge in [0.15, 0.2) is 0 Å². The number of para-hydroxylation sites is 1. The van der Waals surface area contributed by atoms with Gasteiger partial charge in [0, 0.05) is 5.02 Å². The summed E-state index contributed by atoms with van der Waals surface area (Å²) >= 11 is 5.79. The fourth-order valence-electron chi connectivity index (χ4n) is 2.47. The van der Waals surface area contributed by atoms with E-state index in [0.717, 1.165) is 22.7 Å². The summed E-state index contributed by atoms with van der Waals surface area (Å²) in [6.07, 6.45) is -3.77. The molecule has 0 bridgehead atoms. The van der Waals surface area contributed by atoms with Crippen molar-refractivity contribution in [1.82, 2.24) is 0 Å². The minimum absolute atomic E-state index is 0.161. The van der Waals surface area contributed by atoms with Crippen molar-refractivity contribution in [2.24, 2.45) is 0 Å². The smallest absolute Gasteiger partial charge is 0.324 e. The Kier molecular flexibility index (Phi) is 6.06. The number of rotatable bonds is 5. The minimum Gasteiger partial charge on any atom is -0.324 e. The molecule has 0 radical (unpaired) electrons. The molecule has 0 heterocycles. The van der Waals surface area contributed by atoms with E-state index < -0.39 is 39.4 Å². The maximum Gasteiger partial charge on any atom is 0.418 e. The van der Waals surface area contributed by atoms with Crippen molar-refractivity contribution in [3.63, 3.8) is 0 Å². The Morgan fingerprint density at radius 2 is 1.67 bits per heavy atom. The van der Waals surface area contributed by atoms with Crippen LogP contribution in [0.25, 0.3) is 0 Å². The Labute approximate surface area is 159 Å². The molecule has 10 heteroatoms. The molecule has 2 aromatic rings. The number of nitrogens with zero attached hydrogens (tertiary/aromatic N) is 1. The number of carbonyl (C=O) groups excluding carboxylic acids is 1. The van der Waals surface area contributed by atoms with Crippen LogP contribution in [0.3, 0.4) is 0 Å². The van der Waals surface area contributed by atoms with Gasteiger partial charge in [0.1, 0.15) is 6.04 Å². The van der Waals surface area contributed by atoms with Gasteiger partial charge in [0.25, 0.3) is 0 Å². The molecule has 146 valence electrons. The number of alkyl halides is 3. The number of amides is 1. The van der Waals surface area contributed by atoms with Crippen LogP contribution in [0, 0.1) is 0 Å². The summed E-state index contributed by atoms with van der Waals surface area (Å²) in [6.45, 7) is 1.28. The van der Waals surface area contributed by atoms with Gasteiger partial charge < -0.3 is 5.32 Å². The molecule has 1 amide bonds. The fourth-order valence-corrected chi connectivity index (χ4v) is 3.77. The number of halogens is 4. The monoisotopic (exact) mass is 420 g/mol. The van der Waals surface area contributed by atoms with Crippen molar-refractivity contribution in [3.8, 4) is 0 Å². The molecule has 5 nitrogen and oxygen atoms in total. The highest BCUT2D eigenvalue weighted by Crippen LogP contribution is 2.34. The normalized spacial score (nSPS) is 13.1. The topological polar surface area (TPSA) is 66.5 Å². The number of hydrogen-bond acceptors (Lipinski definition) is 3. The first kappa shape index (κ1) is 21.0. The average molecular weight is 421 g/mol. The second-order valence-corrected chi connectivity index (χ2v) is 8.04. The van der Waals surface area contributed by atoms with Gasteiger partial charge in [-0.1, -0.05) is 23.7 Å². The van der Waals surface area contributed by atoms with Crippen molar-refractivity contribution >= 4 is 38.9 Å². The lowest BCUT2D eigenvalue weighted by atomic mass is 10.1. The van der Waals surface area contributed by atoms with Crippen molar-refractivity contribution < 1.29 is 26.4 Å². The zero-order chi connectivity index (χ0) is 20.4. The predicted octanol–water partition coefficient (Wildman–Crippen LogP) is 4.15. The molecule has 0 saturated carbocycles. The van der Waals surface area contributed by atoms with Gasteiger partial charge in [0.05, 0.1) is 23.2 Å². The van der Waals surface area contributed by atoms with Gasteiger partial charge in [-0.15, -0.1) is 0 Å². The van der Waals surface area contributed by atoms with Gasteiger partial charge in [-0.05, 0) is 43.3 Å². The van der Waals surface area contributed by atoms with Crippen LogP contribution in [-0.2, 0) is 21.0 Å². The quantitative estimate of drug-likeness (QED) is 0.790. The van der Waals surface area contributed by atoms with E-state index in [-0.39, 0.29) is 5.69 Å². The van der Waals surface area contributed by atoms with Crippen LogP contribution in [0.2, 0.25) is 5.02 Å². The summed E-state index contributed by atoms with van der Waals surface area (Å²) in [6, 6.07) is 8.84. The fraction of sp³-hybridized carbons (Fsp3) is 0.235. The van der Waals surface area contributed by atoms with E-state index in [2.05, 4.69) is 5.32 Å². The summed E-state index contributed by atoms with van der Waals surface area (Å²) in [7, 11) is -3.90. The molecule has 2 aromatic carbocycles. The first-order chi connectivity index (χ1) is 12.4. The zero-order valence-corrected chi connectivity index (χ0v) is 15.9. The predicted molar refractivity (Wildman–Crippen MR) is 98.3 cm³/mol. The van der Waals surface area contributed by atoms with Crippen LogP contribution >= 0.6 is 11.6 Å². The second-order valence-electron chi connectivity index (χ2n) is 5.74. The van der Waals surface area contributed by atoms with E-state index in [9.17, 15) is 26.4 Å². The van der Waals surface area contributed by atoms with Crippen LogP contribution < -0.4 is 9.62 Å². The average Bonchev–Trinajstić information content (AvgIpc) is 2.55. The number of hydrogen-bond donors (Lipinski definition) is 1. The lowest BCUT2D eigenvalue weighted by molar-refractivity contribution is -0.137. The SMILES string of the molecule is CC(C(=O)Nc1ccccc1C(F)(F)F)N(c1ccc(Cl)cc1)S(C)(=O)=O. The van der Waals surface area contributed by atoms with Crippen molar-refractivity contribution in [1.29, 1.82) is 0 Å². The maximum absolute atomic E-state index is 13.1. The molecule has 0 saturated heterocycles. The van der Waals surface area contributed by atoms with Crippen LogP contribution in [0.15, 0.2) is 48.5 Å². The Hall–Kier alpha value is -2.26. The Morgan fingerprint density at radius 3 is 2.19 bits per heavy atom. The standard InChI is InChI=1S/C17H16ClF3N2O3S/c1-11(23(27(2,25)26)13-9-7-12(18)8-10-13)16(24)22-15-6-4-3-5-14(15)17(19,20)21/h3-11H,1-2H3,(H,22,24).